The Labute approximate surface area is 125 Å². The van der Waals surface area contributed by atoms with Crippen molar-refractivity contribution in [2.24, 2.45) is 0 Å². The van der Waals surface area contributed by atoms with E-state index >= 15 is 0 Å². The Morgan fingerprint density at radius 3 is 2.86 bits per heavy atom. The average molecular weight is 292 g/mol. The van der Waals surface area contributed by atoms with Crippen LogP contribution < -0.4 is 5.46 Å². The van der Waals surface area contributed by atoms with Crippen LogP contribution in [0.5, 0.6) is 0 Å². The summed E-state index contributed by atoms with van der Waals surface area (Å²) < 4.78 is 13.6. The SMILES string of the molecule is CC1CN2CCCC2CN1Cc1cc(F)cc(B(O)O)c1. The number of piperazine rings is 1. The predicted octanol–water partition coefficient (Wildman–Crippen LogP) is 0.174. The second-order valence-corrected chi connectivity index (χ2v) is 6.34. The molecule has 0 aliphatic carbocycles. The van der Waals surface area contributed by atoms with Crippen LogP contribution in [0.15, 0.2) is 18.2 Å². The minimum absolute atomic E-state index is 0.220. The lowest BCUT2D eigenvalue weighted by molar-refractivity contribution is 0.0540. The Hall–Kier alpha value is -0.945. The van der Waals surface area contributed by atoms with Gasteiger partial charge in [-0.3, -0.25) is 9.80 Å². The summed E-state index contributed by atoms with van der Waals surface area (Å²) in [5.41, 5.74) is 1.02. The maximum absolute atomic E-state index is 13.6. The Kier molecular flexibility index (Phi) is 4.31. The molecule has 0 spiro atoms. The van der Waals surface area contributed by atoms with Crippen molar-refractivity contribution < 1.29 is 14.4 Å². The van der Waals surface area contributed by atoms with Gasteiger partial charge in [-0.05, 0) is 49.5 Å². The van der Waals surface area contributed by atoms with Gasteiger partial charge in [-0.2, -0.15) is 0 Å². The van der Waals surface area contributed by atoms with Gasteiger partial charge in [0.2, 0.25) is 0 Å². The zero-order chi connectivity index (χ0) is 15.0. The molecule has 3 rings (SSSR count). The van der Waals surface area contributed by atoms with Crippen molar-refractivity contribution in [2.75, 3.05) is 19.6 Å². The molecule has 2 unspecified atom stereocenters. The van der Waals surface area contributed by atoms with Crippen molar-refractivity contribution in [2.45, 2.75) is 38.4 Å². The molecule has 0 amide bonds. The van der Waals surface area contributed by atoms with Crippen LogP contribution in [-0.4, -0.2) is 58.7 Å². The second-order valence-electron chi connectivity index (χ2n) is 6.34. The normalized spacial score (nSPS) is 26.9. The zero-order valence-electron chi connectivity index (χ0n) is 12.4. The first-order valence-corrected chi connectivity index (χ1v) is 7.66. The number of benzene rings is 1. The van der Waals surface area contributed by atoms with E-state index < -0.39 is 12.9 Å². The lowest BCUT2D eigenvalue weighted by Crippen LogP contribution is -2.54. The number of halogens is 1. The zero-order valence-corrected chi connectivity index (χ0v) is 12.4. The van der Waals surface area contributed by atoms with Gasteiger partial charge in [0.25, 0.3) is 0 Å². The van der Waals surface area contributed by atoms with Gasteiger partial charge in [0.15, 0.2) is 0 Å². The summed E-state index contributed by atoms with van der Waals surface area (Å²) in [6.07, 6.45) is 2.51. The monoisotopic (exact) mass is 292 g/mol. The largest absolute Gasteiger partial charge is 0.488 e. The van der Waals surface area contributed by atoms with Crippen LogP contribution in [0.25, 0.3) is 0 Å². The van der Waals surface area contributed by atoms with Gasteiger partial charge in [-0.1, -0.05) is 6.07 Å². The van der Waals surface area contributed by atoms with E-state index in [4.69, 9.17) is 0 Å². The molecule has 4 nitrogen and oxygen atoms in total. The third-order valence-corrected chi connectivity index (χ3v) is 4.73. The third kappa shape index (κ3) is 3.29. The molecule has 2 N–H and O–H groups in total. The summed E-state index contributed by atoms with van der Waals surface area (Å²) in [6, 6.07) is 5.40. The molecule has 114 valence electrons. The number of rotatable bonds is 3. The van der Waals surface area contributed by atoms with Crippen molar-refractivity contribution in [3.8, 4) is 0 Å². The van der Waals surface area contributed by atoms with E-state index in [1.807, 2.05) is 0 Å². The molecule has 0 radical (unpaired) electrons. The van der Waals surface area contributed by atoms with Gasteiger partial charge >= 0.3 is 7.12 Å². The van der Waals surface area contributed by atoms with Crippen LogP contribution in [0.1, 0.15) is 25.3 Å². The molecule has 2 saturated heterocycles. The van der Waals surface area contributed by atoms with Crippen LogP contribution >= 0.6 is 0 Å². The molecular weight excluding hydrogens is 270 g/mol. The highest BCUT2D eigenvalue weighted by atomic mass is 19.1. The van der Waals surface area contributed by atoms with E-state index in [2.05, 4.69) is 16.7 Å². The molecule has 0 saturated carbocycles. The van der Waals surface area contributed by atoms with E-state index in [0.29, 0.717) is 18.6 Å². The Balaban J connectivity index is 1.73. The fourth-order valence-electron chi connectivity index (χ4n) is 3.62. The molecular formula is C15H22BFN2O2. The molecule has 2 heterocycles. The third-order valence-electron chi connectivity index (χ3n) is 4.73. The molecule has 0 bridgehead atoms. The van der Waals surface area contributed by atoms with Crippen molar-refractivity contribution >= 4 is 12.6 Å². The highest BCUT2D eigenvalue weighted by Crippen LogP contribution is 2.25. The van der Waals surface area contributed by atoms with Crippen molar-refractivity contribution in [1.29, 1.82) is 0 Å². The first kappa shape index (κ1) is 15.0. The van der Waals surface area contributed by atoms with Crippen LogP contribution in [0.3, 0.4) is 0 Å². The molecule has 1 aromatic rings. The molecule has 6 heteroatoms. The smallest absolute Gasteiger partial charge is 0.423 e. The lowest BCUT2D eigenvalue weighted by atomic mass is 9.79. The fraction of sp³-hybridized carbons (Fsp3) is 0.600. The van der Waals surface area contributed by atoms with Gasteiger partial charge in [0, 0.05) is 31.7 Å². The standard InChI is InChI=1S/C15H22BFN2O2/c1-11-8-18-4-2-3-15(18)10-19(11)9-12-5-13(16(20)21)7-14(17)6-12/h5-7,11,15,20-21H,2-4,8-10H2,1H3. The van der Waals surface area contributed by atoms with Crippen molar-refractivity contribution in [3.05, 3.63) is 29.6 Å². The topological polar surface area (TPSA) is 46.9 Å². The number of nitrogens with zero attached hydrogens (tertiary/aromatic N) is 2. The fourth-order valence-corrected chi connectivity index (χ4v) is 3.62. The maximum Gasteiger partial charge on any atom is 0.488 e. The number of hydrogen-bond acceptors (Lipinski definition) is 4. The average Bonchev–Trinajstić information content (AvgIpc) is 2.85. The van der Waals surface area contributed by atoms with E-state index in [0.717, 1.165) is 18.7 Å². The van der Waals surface area contributed by atoms with E-state index in [-0.39, 0.29) is 5.46 Å². The summed E-state index contributed by atoms with van der Waals surface area (Å²) in [6.45, 7) is 6.13. The van der Waals surface area contributed by atoms with Crippen molar-refractivity contribution in [3.63, 3.8) is 0 Å². The molecule has 0 aromatic heterocycles. The molecule has 2 aliphatic rings. The summed E-state index contributed by atoms with van der Waals surface area (Å²) in [7, 11) is -1.62. The van der Waals surface area contributed by atoms with Gasteiger partial charge in [-0.25, -0.2) is 4.39 Å². The number of hydrogen-bond donors (Lipinski definition) is 2. The van der Waals surface area contributed by atoms with E-state index in [1.165, 1.54) is 31.5 Å². The summed E-state index contributed by atoms with van der Waals surface area (Å²) in [4.78, 5) is 4.92. The van der Waals surface area contributed by atoms with Crippen LogP contribution in [0.2, 0.25) is 0 Å². The highest BCUT2D eigenvalue weighted by Gasteiger charge is 2.34. The second kappa shape index (κ2) is 6.05. The Morgan fingerprint density at radius 1 is 1.29 bits per heavy atom. The summed E-state index contributed by atoms with van der Waals surface area (Å²) >= 11 is 0. The van der Waals surface area contributed by atoms with E-state index in [9.17, 15) is 14.4 Å². The van der Waals surface area contributed by atoms with Crippen LogP contribution in [-0.2, 0) is 6.54 Å². The first-order chi connectivity index (χ1) is 10.0. The minimum Gasteiger partial charge on any atom is -0.423 e. The molecule has 2 fully saturated rings. The molecule has 21 heavy (non-hydrogen) atoms. The molecule has 2 aliphatic heterocycles. The quantitative estimate of drug-likeness (QED) is 0.780. The van der Waals surface area contributed by atoms with Crippen LogP contribution in [0, 0.1) is 5.82 Å². The van der Waals surface area contributed by atoms with Gasteiger partial charge in [-0.15, -0.1) is 0 Å². The predicted molar refractivity (Wildman–Crippen MR) is 80.7 cm³/mol. The summed E-state index contributed by atoms with van der Waals surface area (Å²) in [5, 5.41) is 18.4. The lowest BCUT2D eigenvalue weighted by Gasteiger charge is -2.42. The highest BCUT2D eigenvalue weighted by molar-refractivity contribution is 6.58. The van der Waals surface area contributed by atoms with Gasteiger partial charge < -0.3 is 10.0 Å². The van der Waals surface area contributed by atoms with Crippen LogP contribution in [0.4, 0.5) is 4.39 Å². The Morgan fingerprint density at radius 2 is 2.10 bits per heavy atom. The van der Waals surface area contributed by atoms with Crippen molar-refractivity contribution in [1.82, 2.24) is 9.80 Å². The van der Waals surface area contributed by atoms with Gasteiger partial charge in [0.05, 0.1) is 0 Å². The summed E-state index contributed by atoms with van der Waals surface area (Å²) in [5.74, 6) is -0.414. The number of fused-ring (bicyclic) bond motifs is 1. The molecule has 1 aromatic carbocycles. The minimum atomic E-state index is -1.62. The molecule has 2 atom stereocenters. The van der Waals surface area contributed by atoms with E-state index in [1.54, 1.807) is 6.07 Å². The Bertz CT molecular complexity index is 514. The maximum atomic E-state index is 13.6. The first-order valence-electron chi connectivity index (χ1n) is 7.66. The van der Waals surface area contributed by atoms with Gasteiger partial charge in [0.1, 0.15) is 5.82 Å².